The molecule has 0 spiro atoms. The van der Waals surface area contributed by atoms with Gasteiger partial charge in [-0.25, -0.2) is 0 Å². The van der Waals surface area contributed by atoms with Crippen LogP contribution in [0.15, 0.2) is 16.5 Å². The molecule has 0 radical (unpaired) electrons. The van der Waals surface area contributed by atoms with Crippen LogP contribution in [0.5, 0.6) is 0 Å². The maximum absolute atomic E-state index is 5.78. The van der Waals surface area contributed by atoms with Gasteiger partial charge in [-0.2, -0.15) is 0 Å². The van der Waals surface area contributed by atoms with Crippen molar-refractivity contribution in [3.63, 3.8) is 0 Å². The number of aryl methyl sites for hydroxylation is 1. The zero-order valence-corrected chi connectivity index (χ0v) is 9.41. The molecule has 3 heteroatoms. The second-order valence-electron chi connectivity index (χ2n) is 4.37. The Labute approximate surface area is 91.2 Å². The van der Waals surface area contributed by atoms with E-state index >= 15 is 0 Å². The Hall–Kier alpha value is -0.800. The van der Waals surface area contributed by atoms with E-state index in [1.54, 1.807) is 0 Å². The smallest absolute Gasteiger partial charge is 0.118 e. The highest BCUT2D eigenvalue weighted by molar-refractivity contribution is 5.05. The number of hydrogen-bond acceptors (Lipinski definition) is 3. The predicted octanol–water partition coefficient (Wildman–Crippen LogP) is 1.90. The van der Waals surface area contributed by atoms with Crippen molar-refractivity contribution in [2.45, 2.75) is 38.8 Å². The fraction of sp³-hybridized carbons (Fsp3) is 0.667. The Morgan fingerprint density at radius 1 is 1.47 bits per heavy atom. The van der Waals surface area contributed by atoms with Gasteiger partial charge in [0.25, 0.3) is 0 Å². The maximum atomic E-state index is 5.78. The average Bonchev–Trinajstić information content (AvgIpc) is 2.65. The molecule has 0 aliphatic carbocycles. The molecule has 1 unspecified atom stereocenters. The first-order chi connectivity index (χ1) is 7.29. The zero-order chi connectivity index (χ0) is 10.7. The lowest BCUT2D eigenvalue weighted by molar-refractivity contribution is 0.134. The van der Waals surface area contributed by atoms with Crippen LogP contribution in [0.2, 0.25) is 0 Å². The van der Waals surface area contributed by atoms with Crippen LogP contribution in [0, 0.1) is 6.92 Å². The van der Waals surface area contributed by atoms with Gasteiger partial charge in [-0.1, -0.05) is 6.42 Å². The molecule has 3 nitrogen and oxygen atoms in total. The Morgan fingerprint density at radius 3 is 3.00 bits per heavy atom. The largest absolute Gasteiger partial charge is 0.465 e. The quantitative estimate of drug-likeness (QED) is 0.825. The molecule has 15 heavy (non-hydrogen) atoms. The van der Waals surface area contributed by atoms with Crippen LogP contribution < -0.4 is 5.73 Å². The summed E-state index contributed by atoms with van der Waals surface area (Å²) in [5, 5.41) is 0. The van der Waals surface area contributed by atoms with Gasteiger partial charge in [0, 0.05) is 12.6 Å². The van der Waals surface area contributed by atoms with E-state index in [4.69, 9.17) is 10.2 Å². The van der Waals surface area contributed by atoms with Crippen LogP contribution in [0.25, 0.3) is 0 Å². The van der Waals surface area contributed by atoms with Gasteiger partial charge in [-0.3, -0.25) is 4.90 Å². The lowest BCUT2D eigenvalue weighted by atomic mass is 10.0. The molecule has 1 fully saturated rings. The first-order valence-corrected chi connectivity index (χ1v) is 5.79. The van der Waals surface area contributed by atoms with E-state index in [2.05, 4.69) is 11.0 Å². The van der Waals surface area contributed by atoms with Crippen molar-refractivity contribution in [2.24, 2.45) is 5.73 Å². The molecule has 0 aromatic carbocycles. The SMILES string of the molecule is Cc1ccc(CN2CCCCC2CN)o1. The number of hydrogen-bond donors (Lipinski definition) is 1. The standard InChI is InChI=1S/C12H20N2O/c1-10-5-6-12(15-10)9-14-7-3-2-4-11(14)8-13/h5-6,11H,2-4,7-9,13H2,1H3. The van der Waals surface area contributed by atoms with E-state index in [9.17, 15) is 0 Å². The summed E-state index contributed by atoms with van der Waals surface area (Å²) >= 11 is 0. The highest BCUT2D eigenvalue weighted by Crippen LogP contribution is 2.19. The zero-order valence-electron chi connectivity index (χ0n) is 9.41. The first-order valence-electron chi connectivity index (χ1n) is 5.79. The number of likely N-dealkylation sites (tertiary alicyclic amines) is 1. The molecule has 0 amide bonds. The van der Waals surface area contributed by atoms with E-state index in [1.165, 1.54) is 19.3 Å². The van der Waals surface area contributed by atoms with Crippen LogP contribution in [0.3, 0.4) is 0 Å². The summed E-state index contributed by atoms with van der Waals surface area (Å²) in [6, 6.07) is 4.64. The molecular weight excluding hydrogens is 188 g/mol. The van der Waals surface area contributed by atoms with E-state index in [-0.39, 0.29) is 0 Å². The number of rotatable bonds is 3. The van der Waals surface area contributed by atoms with Gasteiger partial charge in [0.2, 0.25) is 0 Å². The predicted molar refractivity (Wildman–Crippen MR) is 60.5 cm³/mol. The molecule has 2 rings (SSSR count). The van der Waals surface area contributed by atoms with Crippen molar-refractivity contribution >= 4 is 0 Å². The van der Waals surface area contributed by atoms with E-state index in [0.717, 1.165) is 31.2 Å². The fourth-order valence-corrected chi connectivity index (χ4v) is 2.31. The Balaban J connectivity index is 1.97. The molecule has 2 N–H and O–H groups in total. The normalized spacial score (nSPS) is 23.2. The second kappa shape index (κ2) is 4.81. The third-order valence-corrected chi connectivity index (χ3v) is 3.18. The van der Waals surface area contributed by atoms with Gasteiger partial charge < -0.3 is 10.2 Å². The number of furan rings is 1. The van der Waals surface area contributed by atoms with Gasteiger partial charge in [0.1, 0.15) is 11.5 Å². The minimum atomic E-state index is 0.546. The summed E-state index contributed by atoms with van der Waals surface area (Å²) in [4.78, 5) is 2.45. The molecule has 1 aromatic rings. The average molecular weight is 208 g/mol. The lowest BCUT2D eigenvalue weighted by Crippen LogP contribution is -2.43. The van der Waals surface area contributed by atoms with Crippen LogP contribution in [-0.4, -0.2) is 24.0 Å². The first kappa shape index (κ1) is 10.7. The van der Waals surface area contributed by atoms with Crippen molar-refractivity contribution in [1.29, 1.82) is 0 Å². The molecule has 1 aliphatic heterocycles. The van der Waals surface area contributed by atoms with Crippen molar-refractivity contribution in [3.8, 4) is 0 Å². The summed E-state index contributed by atoms with van der Waals surface area (Å²) in [6.07, 6.45) is 3.84. The molecule has 1 aliphatic rings. The molecule has 84 valence electrons. The topological polar surface area (TPSA) is 42.4 Å². The van der Waals surface area contributed by atoms with Crippen molar-refractivity contribution in [1.82, 2.24) is 4.90 Å². The molecule has 0 saturated carbocycles. The summed E-state index contributed by atoms with van der Waals surface area (Å²) in [5.74, 6) is 2.05. The molecular formula is C12H20N2O. The van der Waals surface area contributed by atoms with Crippen molar-refractivity contribution in [2.75, 3.05) is 13.1 Å². The van der Waals surface area contributed by atoms with Crippen LogP contribution in [0.1, 0.15) is 30.8 Å². The second-order valence-corrected chi connectivity index (χ2v) is 4.37. The highest BCUT2D eigenvalue weighted by atomic mass is 16.3. The van der Waals surface area contributed by atoms with Gasteiger partial charge in [0.15, 0.2) is 0 Å². The maximum Gasteiger partial charge on any atom is 0.118 e. The van der Waals surface area contributed by atoms with Crippen molar-refractivity contribution in [3.05, 3.63) is 23.7 Å². The third-order valence-electron chi connectivity index (χ3n) is 3.18. The summed E-state index contributed by atoms with van der Waals surface area (Å²) in [6.45, 7) is 4.82. The summed E-state index contributed by atoms with van der Waals surface area (Å²) < 4.78 is 5.60. The van der Waals surface area contributed by atoms with Crippen LogP contribution in [-0.2, 0) is 6.54 Å². The monoisotopic (exact) mass is 208 g/mol. The van der Waals surface area contributed by atoms with Gasteiger partial charge in [-0.05, 0) is 38.4 Å². The van der Waals surface area contributed by atoms with E-state index in [0.29, 0.717) is 6.04 Å². The van der Waals surface area contributed by atoms with Gasteiger partial charge in [0.05, 0.1) is 6.54 Å². The highest BCUT2D eigenvalue weighted by Gasteiger charge is 2.21. The Bertz CT molecular complexity index is 308. The molecule has 1 atom stereocenters. The van der Waals surface area contributed by atoms with Crippen LogP contribution >= 0.6 is 0 Å². The molecule has 2 heterocycles. The molecule has 1 saturated heterocycles. The van der Waals surface area contributed by atoms with Gasteiger partial charge in [-0.15, -0.1) is 0 Å². The number of nitrogens with two attached hydrogens (primary N) is 1. The summed E-state index contributed by atoms with van der Waals surface area (Å²) in [7, 11) is 0. The minimum Gasteiger partial charge on any atom is -0.465 e. The molecule has 1 aromatic heterocycles. The lowest BCUT2D eigenvalue weighted by Gasteiger charge is -2.34. The fourth-order valence-electron chi connectivity index (χ4n) is 2.31. The van der Waals surface area contributed by atoms with Gasteiger partial charge >= 0.3 is 0 Å². The molecule has 0 bridgehead atoms. The Morgan fingerprint density at radius 2 is 2.33 bits per heavy atom. The third kappa shape index (κ3) is 2.61. The van der Waals surface area contributed by atoms with Crippen molar-refractivity contribution < 1.29 is 4.42 Å². The number of piperidine rings is 1. The summed E-state index contributed by atoms with van der Waals surface area (Å²) in [5.41, 5.74) is 5.78. The minimum absolute atomic E-state index is 0.546. The van der Waals surface area contributed by atoms with Crippen LogP contribution in [0.4, 0.5) is 0 Å². The number of nitrogens with zero attached hydrogens (tertiary/aromatic N) is 1. The Kier molecular flexibility index (Phi) is 3.44. The van der Waals surface area contributed by atoms with E-state index in [1.807, 2.05) is 13.0 Å². The van der Waals surface area contributed by atoms with E-state index < -0.39 is 0 Å².